The maximum absolute atomic E-state index is 4.26. The zero-order valence-electron chi connectivity index (χ0n) is 12.2. The minimum Gasteiger partial charge on any atom is -0.333 e. The number of unbranched alkanes of at least 4 members (excludes halogenated alkanes) is 2. The monoisotopic (exact) mass is 269 g/mol. The summed E-state index contributed by atoms with van der Waals surface area (Å²) in [6, 6.07) is 0. The van der Waals surface area contributed by atoms with Crippen LogP contribution in [0.4, 0.5) is 0 Å². The minimum absolute atomic E-state index is 0.160. The second-order valence-electron chi connectivity index (χ2n) is 5.74. The van der Waals surface area contributed by atoms with Gasteiger partial charge >= 0.3 is 0 Å². The Morgan fingerprint density at radius 2 is 2.06 bits per heavy atom. The van der Waals surface area contributed by atoms with Crippen LogP contribution in [-0.2, 0) is 13.1 Å². The Morgan fingerprint density at radius 3 is 2.72 bits per heavy atom. The van der Waals surface area contributed by atoms with Crippen molar-refractivity contribution in [1.29, 1.82) is 0 Å². The smallest absolute Gasteiger partial charge is 0.0948 e. The van der Waals surface area contributed by atoms with E-state index < -0.39 is 0 Å². The molecule has 0 aliphatic heterocycles. The zero-order valence-corrected chi connectivity index (χ0v) is 13.0. The highest BCUT2D eigenvalue weighted by molar-refractivity contribution is 7.98. The van der Waals surface area contributed by atoms with E-state index >= 15 is 0 Å². The Morgan fingerprint density at radius 1 is 1.28 bits per heavy atom. The lowest BCUT2D eigenvalue weighted by Crippen LogP contribution is -2.35. The van der Waals surface area contributed by atoms with Gasteiger partial charge in [0.05, 0.1) is 12.0 Å². The van der Waals surface area contributed by atoms with Crippen LogP contribution in [0.2, 0.25) is 0 Å². The largest absolute Gasteiger partial charge is 0.333 e. The van der Waals surface area contributed by atoms with E-state index in [0.717, 1.165) is 13.1 Å². The van der Waals surface area contributed by atoms with Crippen LogP contribution < -0.4 is 5.32 Å². The predicted molar refractivity (Wildman–Crippen MR) is 81.1 cm³/mol. The van der Waals surface area contributed by atoms with Crippen LogP contribution in [0.5, 0.6) is 0 Å². The third-order valence-electron chi connectivity index (χ3n) is 2.85. The molecule has 1 N–H and O–H groups in total. The Balaban J connectivity index is 2.31. The average molecular weight is 269 g/mol. The van der Waals surface area contributed by atoms with Crippen molar-refractivity contribution in [3.8, 4) is 0 Å². The van der Waals surface area contributed by atoms with Crippen LogP contribution in [0, 0.1) is 0 Å². The van der Waals surface area contributed by atoms with Crippen molar-refractivity contribution in [3.63, 3.8) is 0 Å². The fourth-order valence-corrected chi connectivity index (χ4v) is 2.25. The van der Waals surface area contributed by atoms with Crippen molar-refractivity contribution >= 4 is 11.8 Å². The van der Waals surface area contributed by atoms with Gasteiger partial charge in [0.25, 0.3) is 0 Å². The zero-order chi connectivity index (χ0) is 13.4. The fraction of sp³-hybridized carbons (Fsp3) is 0.786. The number of thioether (sulfide) groups is 1. The molecule has 1 heterocycles. The Hall–Kier alpha value is -0.480. The van der Waals surface area contributed by atoms with Gasteiger partial charge in [0, 0.05) is 24.8 Å². The molecule has 18 heavy (non-hydrogen) atoms. The van der Waals surface area contributed by atoms with Crippen molar-refractivity contribution in [2.75, 3.05) is 12.0 Å². The van der Waals surface area contributed by atoms with Crippen molar-refractivity contribution < 1.29 is 0 Å². The van der Waals surface area contributed by atoms with E-state index in [4.69, 9.17) is 0 Å². The molecule has 0 aliphatic carbocycles. The first-order valence-electron chi connectivity index (χ1n) is 6.76. The second kappa shape index (κ2) is 7.85. The molecule has 1 rings (SSSR count). The van der Waals surface area contributed by atoms with Gasteiger partial charge < -0.3 is 9.88 Å². The molecule has 1 aromatic rings. The molecule has 0 fully saturated rings. The van der Waals surface area contributed by atoms with Crippen LogP contribution in [0.25, 0.3) is 0 Å². The first-order chi connectivity index (χ1) is 8.53. The van der Waals surface area contributed by atoms with Crippen molar-refractivity contribution in [2.45, 2.75) is 58.7 Å². The highest BCUT2D eigenvalue weighted by Gasteiger charge is 2.10. The summed E-state index contributed by atoms with van der Waals surface area (Å²) in [6.45, 7) is 8.56. The summed E-state index contributed by atoms with van der Waals surface area (Å²) in [5.74, 6) is 1.28. The maximum atomic E-state index is 4.26. The Bertz CT molecular complexity index is 328. The SMILES string of the molecule is CSCCCCCn1cncc1CNC(C)(C)C. The molecule has 0 saturated carbocycles. The molecule has 0 atom stereocenters. The number of aryl methyl sites for hydroxylation is 1. The topological polar surface area (TPSA) is 29.9 Å². The number of nitrogens with one attached hydrogen (secondary N) is 1. The van der Waals surface area contributed by atoms with Crippen LogP contribution in [-0.4, -0.2) is 27.1 Å². The molecule has 0 amide bonds. The van der Waals surface area contributed by atoms with Crippen molar-refractivity contribution in [2.24, 2.45) is 0 Å². The highest BCUT2D eigenvalue weighted by atomic mass is 32.2. The molecular weight excluding hydrogens is 242 g/mol. The Labute approximate surface area is 116 Å². The van der Waals surface area contributed by atoms with E-state index in [1.807, 2.05) is 24.3 Å². The molecule has 0 aromatic carbocycles. The van der Waals surface area contributed by atoms with E-state index in [2.05, 4.69) is 41.9 Å². The van der Waals surface area contributed by atoms with Crippen LogP contribution >= 0.6 is 11.8 Å². The van der Waals surface area contributed by atoms with Gasteiger partial charge in [0.1, 0.15) is 0 Å². The standard InChI is InChI=1S/C14H27N3S/c1-14(2,3)16-11-13-10-15-12-17(13)8-6-5-7-9-18-4/h10,12,16H,5-9,11H2,1-4H3. The molecule has 4 heteroatoms. The van der Waals surface area contributed by atoms with E-state index in [9.17, 15) is 0 Å². The van der Waals surface area contributed by atoms with Gasteiger partial charge in [-0.1, -0.05) is 6.42 Å². The van der Waals surface area contributed by atoms with Gasteiger partial charge in [-0.2, -0.15) is 11.8 Å². The summed E-state index contributed by atoms with van der Waals surface area (Å²) in [5.41, 5.74) is 1.45. The van der Waals surface area contributed by atoms with Gasteiger partial charge in [0.2, 0.25) is 0 Å². The van der Waals surface area contributed by atoms with E-state index in [0.29, 0.717) is 0 Å². The molecule has 0 radical (unpaired) electrons. The average Bonchev–Trinajstić information content (AvgIpc) is 2.73. The third-order valence-corrected chi connectivity index (χ3v) is 3.54. The van der Waals surface area contributed by atoms with Gasteiger partial charge in [-0.05, 0) is 45.6 Å². The lowest BCUT2D eigenvalue weighted by atomic mass is 10.1. The quantitative estimate of drug-likeness (QED) is 0.734. The number of hydrogen-bond donors (Lipinski definition) is 1. The Kier molecular flexibility index (Phi) is 6.79. The molecule has 0 bridgehead atoms. The predicted octanol–water partition coefficient (Wildman–Crippen LogP) is 3.30. The van der Waals surface area contributed by atoms with Gasteiger partial charge in [-0.25, -0.2) is 4.98 Å². The van der Waals surface area contributed by atoms with Crippen LogP contribution in [0.3, 0.4) is 0 Å². The molecular formula is C14H27N3S. The summed E-state index contributed by atoms with van der Waals surface area (Å²) in [5, 5.41) is 3.51. The van der Waals surface area contributed by atoms with E-state index in [-0.39, 0.29) is 5.54 Å². The fourth-order valence-electron chi connectivity index (χ4n) is 1.76. The lowest BCUT2D eigenvalue weighted by molar-refractivity contribution is 0.414. The minimum atomic E-state index is 0.160. The normalized spacial score (nSPS) is 12.0. The second-order valence-corrected chi connectivity index (χ2v) is 6.72. The number of imidazole rings is 1. The molecule has 0 unspecified atom stereocenters. The maximum Gasteiger partial charge on any atom is 0.0948 e. The highest BCUT2D eigenvalue weighted by Crippen LogP contribution is 2.08. The molecule has 0 spiro atoms. The van der Waals surface area contributed by atoms with Crippen LogP contribution in [0.15, 0.2) is 12.5 Å². The molecule has 104 valence electrons. The van der Waals surface area contributed by atoms with Crippen molar-refractivity contribution in [3.05, 3.63) is 18.2 Å². The molecule has 3 nitrogen and oxygen atoms in total. The number of rotatable bonds is 8. The lowest BCUT2D eigenvalue weighted by Gasteiger charge is -2.21. The number of nitrogens with zero attached hydrogens (tertiary/aromatic N) is 2. The first-order valence-corrected chi connectivity index (χ1v) is 8.15. The summed E-state index contributed by atoms with van der Waals surface area (Å²) in [7, 11) is 0. The van der Waals surface area contributed by atoms with Crippen LogP contribution in [0.1, 0.15) is 45.7 Å². The van der Waals surface area contributed by atoms with E-state index in [1.54, 1.807) is 0 Å². The summed E-state index contributed by atoms with van der Waals surface area (Å²) < 4.78 is 2.28. The van der Waals surface area contributed by atoms with Gasteiger partial charge in [-0.15, -0.1) is 0 Å². The van der Waals surface area contributed by atoms with E-state index in [1.165, 1.54) is 30.7 Å². The summed E-state index contributed by atoms with van der Waals surface area (Å²) in [6.07, 6.45) is 9.98. The van der Waals surface area contributed by atoms with Crippen molar-refractivity contribution in [1.82, 2.24) is 14.9 Å². The molecule has 0 saturated heterocycles. The molecule has 0 aliphatic rings. The summed E-state index contributed by atoms with van der Waals surface area (Å²) >= 11 is 1.93. The number of aromatic nitrogens is 2. The first kappa shape index (κ1) is 15.6. The third kappa shape index (κ3) is 6.45. The molecule has 1 aromatic heterocycles. The van der Waals surface area contributed by atoms with Gasteiger partial charge in [0.15, 0.2) is 0 Å². The summed E-state index contributed by atoms with van der Waals surface area (Å²) in [4.78, 5) is 4.26. The van der Waals surface area contributed by atoms with Gasteiger partial charge in [-0.3, -0.25) is 0 Å². The number of hydrogen-bond acceptors (Lipinski definition) is 3.